The number of rotatable bonds is 10. The third kappa shape index (κ3) is 6.23. The van der Waals surface area contributed by atoms with Crippen molar-refractivity contribution in [2.75, 3.05) is 18.9 Å². The Morgan fingerprint density at radius 2 is 2.10 bits per heavy atom. The topological polar surface area (TPSA) is 100 Å². The zero-order chi connectivity index (χ0) is 21.3. The first-order chi connectivity index (χ1) is 14.6. The summed E-state index contributed by atoms with van der Waals surface area (Å²) < 4.78 is 15.1. The third-order valence-corrected chi connectivity index (χ3v) is 5.90. The Balaban J connectivity index is 1.68. The molecular weight excluding hydrogens is 427 g/mol. The Kier molecular flexibility index (Phi) is 8.14. The number of halogens is 1. The predicted octanol–water partition coefficient (Wildman–Crippen LogP) is 2.29. The summed E-state index contributed by atoms with van der Waals surface area (Å²) in [7, 11) is 0. The Morgan fingerprint density at radius 1 is 1.30 bits per heavy atom. The van der Waals surface area contributed by atoms with Gasteiger partial charge in [-0.1, -0.05) is 17.8 Å². The minimum absolute atomic E-state index is 0.211. The van der Waals surface area contributed by atoms with Crippen LogP contribution in [0.15, 0.2) is 53.0 Å². The maximum absolute atomic E-state index is 13.3. The molecule has 0 saturated heterocycles. The van der Waals surface area contributed by atoms with E-state index in [0.29, 0.717) is 29.6 Å². The summed E-state index contributed by atoms with van der Waals surface area (Å²) in [6.45, 7) is -0.00750. The average molecular weight is 449 g/mol. The molecule has 1 unspecified atom stereocenters. The van der Waals surface area contributed by atoms with E-state index in [2.05, 4.69) is 15.5 Å². The molecule has 0 saturated carbocycles. The van der Waals surface area contributed by atoms with Gasteiger partial charge >= 0.3 is 0 Å². The monoisotopic (exact) mass is 448 g/mol. The molecule has 1 amide bonds. The third-order valence-electron chi connectivity index (χ3n) is 3.99. The number of thiophene rings is 1. The fourth-order valence-electron chi connectivity index (χ4n) is 2.53. The maximum Gasteiger partial charge on any atom is 0.244 e. The van der Waals surface area contributed by atoms with Gasteiger partial charge in [0.25, 0.3) is 0 Å². The quantitative estimate of drug-likeness (QED) is 0.325. The normalized spacial score (nSPS) is 12.4. The number of thioether (sulfide) groups is 1. The van der Waals surface area contributed by atoms with E-state index in [9.17, 15) is 14.3 Å². The fourth-order valence-corrected chi connectivity index (χ4v) is 4.03. The van der Waals surface area contributed by atoms with Gasteiger partial charge < -0.3 is 15.5 Å². The van der Waals surface area contributed by atoms with E-state index in [4.69, 9.17) is 5.11 Å². The maximum atomic E-state index is 13.3. The van der Waals surface area contributed by atoms with Crippen LogP contribution in [0, 0.1) is 5.82 Å². The van der Waals surface area contributed by atoms with Crippen molar-refractivity contribution in [2.45, 2.75) is 17.7 Å². The summed E-state index contributed by atoms with van der Waals surface area (Å²) >= 11 is 2.78. The fraction of sp³-hybridized carbons (Fsp3) is 0.250. The van der Waals surface area contributed by atoms with Crippen LogP contribution in [0.25, 0.3) is 11.8 Å². The van der Waals surface area contributed by atoms with Crippen molar-refractivity contribution in [3.8, 4) is 5.69 Å². The van der Waals surface area contributed by atoms with Crippen molar-refractivity contribution < 1.29 is 19.4 Å². The number of aliphatic hydroxyl groups is 2. The molecule has 0 aliphatic heterocycles. The first kappa shape index (κ1) is 22.2. The molecule has 0 bridgehead atoms. The van der Waals surface area contributed by atoms with Crippen LogP contribution in [0.5, 0.6) is 0 Å². The molecular formula is C20H21FN4O3S2. The SMILES string of the molecule is O=C(C=Cc1cccs1)NCCc1nnc(SCC(O)CO)n1-c1ccc(F)cc1. The number of nitrogens with zero attached hydrogens (tertiary/aromatic N) is 3. The summed E-state index contributed by atoms with van der Waals surface area (Å²) in [5.41, 5.74) is 0.668. The van der Waals surface area contributed by atoms with Gasteiger partial charge in [-0.05, 0) is 41.8 Å². The molecule has 1 aromatic carbocycles. The number of amides is 1. The molecule has 1 atom stereocenters. The molecule has 7 nitrogen and oxygen atoms in total. The van der Waals surface area contributed by atoms with Gasteiger partial charge in [0, 0.05) is 35.4 Å². The highest BCUT2D eigenvalue weighted by atomic mass is 32.2. The summed E-state index contributed by atoms with van der Waals surface area (Å²) in [6, 6.07) is 9.74. The number of hydrogen-bond donors (Lipinski definition) is 3. The van der Waals surface area contributed by atoms with Crippen LogP contribution >= 0.6 is 23.1 Å². The summed E-state index contributed by atoms with van der Waals surface area (Å²) in [4.78, 5) is 13.0. The second-order valence-electron chi connectivity index (χ2n) is 6.25. The molecule has 10 heteroatoms. The predicted molar refractivity (Wildman–Crippen MR) is 115 cm³/mol. The molecule has 0 aliphatic rings. The minimum Gasteiger partial charge on any atom is -0.394 e. The highest BCUT2D eigenvalue weighted by Gasteiger charge is 2.16. The van der Waals surface area contributed by atoms with Crippen LogP contribution in [0.4, 0.5) is 4.39 Å². The smallest absolute Gasteiger partial charge is 0.244 e. The van der Waals surface area contributed by atoms with Crippen LogP contribution in [0.3, 0.4) is 0 Å². The molecule has 0 radical (unpaired) electrons. The molecule has 3 rings (SSSR count). The molecule has 3 aromatic rings. The summed E-state index contributed by atoms with van der Waals surface area (Å²) in [5.74, 6) is 0.255. The minimum atomic E-state index is -0.883. The highest BCUT2D eigenvalue weighted by molar-refractivity contribution is 7.99. The van der Waals surface area contributed by atoms with Gasteiger partial charge in [-0.15, -0.1) is 21.5 Å². The zero-order valence-corrected chi connectivity index (χ0v) is 17.6. The second-order valence-corrected chi connectivity index (χ2v) is 8.21. The van der Waals surface area contributed by atoms with Crippen molar-refractivity contribution in [3.63, 3.8) is 0 Å². The number of benzene rings is 1. The Labute approximate surface area is 181 Å². The van der Waals surface area contributed by atoms with Gasteiger partial charge in [-0.3, -0.25) is 9.36 Å². The molecule has 3 N–H and O–H groups in total. The lowest BCUT2D eigenvalue weighted by Gasteiger charge is -2.11. The molecule has 30 heavy (non-hydrogen) atoms. The van der Waals surface area contributed by atoms with Gasteiger partial charge in [-0.2, -0.15) is 0 Å². The standard InChI is InChI=1S/C20H21FN4O3S2/c21-14-3-5-15(6-4-14)25-18(23-24-20(25)30-13-16(27)12-26)9-10-22-19(28)8-7-17-2-1-11-29-17/h1-8,11,16,26-27H,9-10,12-13H2,(H,22,28). The first-order valence-corrected chi connectivity index (χ1v) is 11.0. The molecule has 0 spiro atoms. The Morgan fingerprint density at radius 3 is 2.80 bits per heavy atom. The molecule has 158 valence electrons. The number of carbonyl (C=O) groups is 1. The number of carbonyl (C=O) groups excluding carboxylic acids is 1. The van der Waals surface area contributed by atoms with E-state index in [-0.39, 0.29) is 24.1 Å². The van der Waals surface area contributed by atoms with Crippen LogP contribution in [0.1, 0.15) is 10.7 Å². The molecule has 2 aromatic heterocycles. The second kappa shape index (κ2) is 11.0. The molecule has 0 aliphatic carbocycles. The van der Waals surface area contributed by atoms with Gasteiger partial charge in [0.2, 0.25) is 5.91 Å². The molecule has 0 fully saturated rings. The summed E-state index contributed by atoms with van der Waals surface area (Å²) in [6.07, 6.45) is 2.76. The molecule has 2 heterocycles. The lowest BCUT2D eigenvalue weighted by molar-refractivity contribution is -0.116. The first-order valence-electron chi connectivity index (χ1n) is 9.18. The van der Waals surface area contributed by atoms with Crippen molar-refractivity contribution >= 4 is 35.1 Å². The van der Waals surface area contributed by atoms with Crippen LogP contribution in [-0.4, -0.2) is 55.9 Å². The number of nitrogens with one attached hydrogen (secondary N) is 1. The van der Waals surface area contributed by atoms with Crippen LogP contribution < -0.4 is 5.32 Å². The lowest BCUT2D eigenvalue weighted by Crippen LogP contribution is -2.24. The van der Waals surface area contributed by atoms with Gasteiger partial charge in [-0.25, -0.2) is 4.39 Å². The summed E-state index contributed by atoms with van der Waals surface area (Å²) in [5, 5.41) is 32.2. The largest absolute Gasteiger partial charge is 0.394 e. The van der Waals surface area contributed by atoms with Crippen molar-refractivity contribution in [3.05, 3.63) is 64.4 Å². The van der Waals surface area contributed by atoms with E-state index in [1.54, 1.807) is 34.1 Å². The number of aromatic nitrogens is 3. The van der Waals surface area contributed by atoms with Crippen molar-refractivity contribution in [1.29, 1.82) is 0 Å². The average Bonchev–Trinajstić information content (AvgIpc) is 3.41. The van der Waals surface area contributed by atoms with E-state index in [1.807, 2.05) is 17.5 Å². The highest BCUT2D eigenvalue weighted by Crippen LogP contribution is 2.23. The lowest BCUT2D eigenvalue weighted by atomic mass is 10.3. The van der Waals surface area contributed by atoms with Crippen molar-refractivity contribution in [2.24, 2.45) is 0 Å². The Hall–Kier alpha value is -2.53. The number of hydrogen-bond acceptors (Lipinski definition) is 7. The van der Waals surface area contributed by atoms with E-state index >= 15 is 0 Å². The van der Waals surface area contributed by atoms with Gasteiger partial charge in [0.1, 0.15) is 11.6 Å². The van der Waals surface area contributed by atoms with Gasteiger partial charge in [0.15, 0.2) is 5.16 Å². The van der Waals surface area contributed by atoms with Crippen LogP contribution in [0.2, 0.25) is 0 Å². The van der Waals surface area contributed by atoms with E-state index in [0.717, 1.165) is 4.88 Å². The Bertz CT molecular complexity index is 975. The van der Waals surface area contributed by atoms with E-state index in [1.165, 1.54) is 30.0 Å². The number of aliphatic hydroxyl groups excluding tert-OH is 2. The zero-order valence-electron chi connectivity index (χ0n) is 15.9. The van der Waals surface area contributed by atoms with E-state index < -0.39 is 6.10 Å². The van der Waals surface area contributed by atoms with Crippen LogP contribution in [-0.2, 0) is 11.2 Å². The van der Waals surface area contributed by atoms with Gasteiger partial charge in [0.05, 0.1) is 12.7 Å². The van der Waals surface area contributed by atoms with Crippen molar-refractivity contribution in [1.82, 2.24) is 20.1 Å².